The van der Waals surface area contributed by atoms with E-state index in [1.807, 2.05) is 13.0 Å². The van der Waals surface area contributed by atoms with Crippen molar-refractivity contribution in [1.82, 2.24) is 30.5 Å². The third-order valence-electron chi connectivity index (χ3n) is 2.30. The minimum atomic E-state index is -0.182. The predicted molar refractivity (Wildman–Crippen MR) is 65.1 cm³/mol. The normalized spacial score (nSPS) is 10.2. The summed E-state index contributed by atoms with van der Waals surface area (Å²) in [4.78, 5) is 15.8. The standard InChI is InChI=1S/C11H14N6O2/c1-2-19-11-9(4-3-5-12-11)6-13-10(18)7-17-8-14-15-16-17/h3-5,8H,2,6-7H2,1H3,(H,13,18). The number of ether oxygens (including phenoxy) is 1. The Morgan fingerprint density at radius 3 is 3.16 bits per heavy atom. The van der Waals surface area contributed by atoms with Crippen LogP contribution in [0.15, 0.2) is 24.7 Å². The van der Waals surface area contributed by atoms with E-state index in [2.05, 4.69) is 25.8 Å². The topological polar surface area (TPSA) is 94.8 Å². The van der Waals surface area contributed by atoms with Crippen molar-refractivity contribution in [2.75, 3.05) is 6.61 Å². The number of amides is 1. The van der Waals surface area contributed by atoms with Crippen LogP contribution in [0.2, 0.25) is 0 Å². The fourth-order valence-electron chi connectivity index (χ4n) is 1.47. The summed E-state index contributed by atoms with van der Waals surface area (Å²) in [5.74, 6) is 0.353. The van der Waals surface area contributed by atoms with Gasteiger partial charge in [-0.1, -0.05) is 6.07 Å². The Labute approximate surface area is 109 Å². The van der Waals surface area contributed by atoms with Gasteiger partial charge in [-0.25, -0.2) is 9.67 Å². The number of rotatable bonds is 6. The monoisotopic (exact) mass is 262 g/mol. The van der Waals surface area contributed by atoms with Gasteiger partial charge in [-0.3, -0.25) is 4.79 Å². The minimum Gasteiger partial charge on any atom is -0.478 e. The van der Waals surface area contributed by atoms with Crippen molar-refractivity contribution < 1.29 is 9.53 Å². The number of nitrogens with zero attached hydrogens (tertiary/aromatic N) is 5. The molecule has 0 bridgehead atoms. The summed E-state index contributed by atoms with van der Waals surface area (Å²) in [5, 5.41) is 13.3. The number of carbonyl (C=O) groups excluding carboxylic acids is 1. The first-order valence-electron chi connectivity index (χ1n) is 5.83. The average Bonchev–Trinajstić information content (AvgIpc) is 2.91. The van der Waals surface area contributed by atoms with Crippen molar-refractivity contribution >= 4 is 5.91 Å². The van der Waals surface area contributed by atoms with Crippen LogP contribution in [0.1, 0.15) is 12.5 Å². The SMILES string of the molecule is CCOc1ncccc1CNC(=O)Cn1cnnn1. The van der Waals surface area contributed by atoms with Crippen molar-refractivity contribution in [3.63, 3.8) is 0 Å². The maximum Gasteiger partial charge on any atom is 0.242 e. The van der Waals surface area contributed by atoms with Gasteiger partial charge in [0.2, 0.25) is 11.8 Å². The Morgan fingerprint density at radius 2 is 2.42 bits per heavy atom. The van der Waals surface area contributed by atoms with Gasteiger partial charge in [0.05, 0.1) is 6.61 Å². The van der Waals surface area contributed by atoms with Gasteiger partial charge < -0.3 is 10.1 Å². The summed E-state index contributed by atoms with van der Waals surface area (Å²) >= 11 is 0. The van der Waals surface area contributed by atoms with E-state index in [0.29, 0.717) is 19.0 Å². The number of tetrazole rings is 1. The fourth-order valence-corrected chi connectivity index (χ4v) is 1.47. The second kappa shape index (κ2) is 6.43. The Balaban J connectivity index is 1.89. The zero-order chi connectivity index (χ0) is 13.5. The van der Waals surface area contributed by atoms with E-state index in [1.165, 1.54) is 11.0 Å². The van der Waals surface area contributed by atoms with Crippen molar-refractivity contribution in [3.05, 3.63) is 30.2 Å². The smallest absolute Gasteiger partial charge is 0.242 e. The fraction of sp³-hybridized carbons (Fsp3) is 0.364. The van der Waals surface area contributed by atoms with Gasteiger partial charge in [0.25, 0.3) is 0 Å². The zero-order valence-electron chi connectivity index (χ0n) is 10.5. The maximum atomic E-state index is 11.7. The number of nitrogens with one attached hydrogen (secondary N) is 1. The molecule has 0 aliphatic carbocycles. The van der Waals surface area contributed by atoms with Crippen LogP contribution >= 0.6 is 0 Å². The van der Waals surface area contributed by atoms with E-state index in [0.717, 1.165) is 5.56 Å². The van der Waals surface area contributed by atoms with E-state index < -0.39 is 0 Å². The number of pyridine rings is 1. The van der Waals surface area contributed by atoms with Gasteiger partial charge >= 0.3 is 0 Å². The van der Waals surface area contributed by atoms with Gasteiger partial charge in [-0.05, 0) is 23.4 Å². The highest BCUT2D eigenvalue weighted by Gasteiger charge is 2.07. The van der Waals surface area contributed by atoms with E-state index in [1.54, 1.807) is 12.3 Å². The summed E-state index contributed by atoms with van der Waals surface area (Å²) in [6.45, 7) is 2.85. The molecular weight excluding hydrogens is 248 g/mol. The maximum absolute atomic E-state index is 11.7. The number of carbonyl (C=O) groups is 1. The van der Waals surface area contributed by atoms with Crippen molar-refractivity contribution in [2.45, 2.75) is 20.0 Å². The summed E-state index contributed by atoms with van der Waals surface area (Å²) in [7, 11) is 0. The van der Waals surface area contributed by atoms with Crippen LogP contribution in [0.5, 0.6) is 5.88 Å². The molecule has 19 heavy (non-hydrogen) atoms. The molecule has 1 N–H and O–H groups in total. The Bertz CT molecular complexity index is 528. The van der Waals surface area contributed by atoms with Crippen LogP contribution < -0.4 is 10.1 Å². The van der Waals surface area contributed by atoms with Crippen LogP contribution in [0.25, 0.3) is 0 Å². The molecule has 100 valence electrons. The van der Waals surface area contributed by atoms with Gasteiger partial charge in [-0.2, -0.15) is 0 Å². The van der Waals surface area contributed by atoms with Gasteiger partial charge in [0.1, 0.15) is 12.9 Å². The molecule has 0 aromatic carbocycles. The molecule has 8 nitrogen and oxygen atoms in total. The van der Waals surface area contributed by atoms with Gasteiger partial charge in [0.15, 0.2) is 0 Å². The Kier molecular flexibility index (Phi) is 4.38. The molecule has 8 heteroatoms. The lowest BCUT2D eigenvalue weighted by atomic mass is 10.2. The largest absolute Gasteiger partial charge is 0.478 e. The first kappa shape index (κ1) is 12.9. The van der Waals surface area contributed by atoms with Crippen molar-refractivity contribution in [1.29, 1.82) is 0 Å². The highest BCUT2D eigenvalue weighted by molar-refractivity contribution is 5.75. The molecule has 2 heterocycles. The molecule has 0 fully saturated rings. The molecule has 0 radical (unpaired) electrons. The molecule has 2 aromatic rings. The van der Waals surface area contributed by atoms with Crippen LogP contribution in [0.3, 0.4) is 0 Å². The summed E-state index contributed by atoms with van der Waals surface area (Å²) < 4.78 is 6.72. The Hall–Kier alpha value is -2.51. The van der Waals surface area contributed by atoms with E-state index >= 15 is 0 Å². The van der Waals surface area contributed by atoms with Crippen LogP contribution in [0, 0.1) is 0 Å². The quantitative estimate of drug-likeness (QED) is 0.773. The summed E-state index contributed by atoms with van der Waals surface area (Å²) in [6.07, 6.45) is 3.03. The number of aromatic nitrogens is 5. The third-order valence-corrected chi connectivity index (χ3v) is 2.30. The molecule has 2 aromatic heterocycles. The third kappa shape index (κ3) is 3.73. The molecule has 0 unspecified atom stereocenters. The lowest BCUT2D eigenvalue weighted by Gasteiger charge is -2.09. The van der Waals surface area contributed by atoms with E-state index in [9.17, 15) is 4.79 Å². The lowest BCUT2D eigenvalue weighted by Crippen LogP contribution is -2.27. The average molecular weight is 262 g/mol. The zero-order valence-corrected chi connectivity index (χ0v) is 10.5. The Morgan fingerprint density at radius 1 is 1.53 bits per heavy atom. The second-order valence-corrected chi connectivity index (χ2v) is 3.68. The molecular formula is C11H14N6O2. The molecule has 1 amide bonds. The van der Waals surface area contributed by atoms with Crippen LogP contribution in [-0.4, -0.2) is 37.7 Å². The minimum absolute atomic E-state index is 0.0806. The highest BCUT2D eigenvalue weighted by Crippen LogP contribution is 2.13. The number of hydrogen-bond acceptors (Lipinski definition) is 6. The number of hydrogen-bond donors (Lipinski definition) is 1. The van der Waals surface area contributed by atoms with Crippen LogP contribution in [0.4, 0.5) is 0 Å². The van der Waals surface area contributed by atoms with Crippen molar-refractivity contribution in [2.24, 2.45) is 0 Å². The first-order chi connectivity index (χ1) is 9.29. The highest BCUT2D eigenvalue weighted by atomic mass is 16.5. The van der Waals surface area contributed by atoms with Gasteiger partial charge in [-0.15, -0.1) is 5.10 Å². The predicted octanol–water partition coefficient (Wildman–Crippen LogP) is -0.217. The van der Waals surface area contributed by atoms with E-state index in [4.69, 9.17) is 4.74 Å². The first-order valence-corrected chi connectivity index (χ1v) is 5.83. The molecule has 0 atom stereocenters. The van der Waals surface area contributed by atoms with Crippen LogP contribution in [-0.2, 0) is 17.9 Å². The second-order valence-electron chi connectivity index (χ2n) is 3.68. The van der Waals surface area contributed by atoms with Crippen molar-refractivity contribution in [3.8, 4) is 5.88 Å². The molecule has 0 saturated heterocycles. The lowest BCUT2D eigenvalue weighted by molar-refractivity contribution is -0.122. The molecule has 2 rings (SSSR count). The summed E-state index contributed by atoms with van der Waals surface area (Å²) in [6, 6.07) is 3.65. The molecule has 0 aliphatic rings. The molecule has 0 saturated carbocycles. The van der Waals surface area contributed by atoms with E-state index in [-0.39, 0.29) is 12.5 Å². The molecule has 0 spiro atoms. The summed E-state index contributed by atoms with van der Waals surface area (Å²) in [5.41, 5.74) is 0.828. The van der Waals surface area contributed by atoms with Gasteiger partial charge in [0, 0.05) is 18.3 Å². The molecule has 0 aliphatic heterocycles.